The smallest absolute Gasteiger partial charge is 0.317 e. The molecule has 0 unspecified atom stereocenters. The van der Waals surface area contributed by atoms with Gasteiger partial charge in [-0.25, -0.2) is 10.0 Å². The van der Waals surface area contributed by atoms with Crippen LogP contribution in [0.5, 0.6) is 0 Å². The number of hydrogen-bond acceptors (Lipinski definition) is 2. The molecule has 0 saturated carbocycles. The van der Waals surface area contributed by atoms with Gasteiger partial charge in [0, 0.05) is 0 Å². The van der Waals surface area contributed by atoms with Gasteiger partial charge in [-0.2, -0.15) is 0 Å². The average molecular weight is 240 g/mol. The SMILES string of the molecule is CCOC(=O)[C@H](C)S(C)(C)c1ccccc1. The van der Waals surface area contributed by atoms with Gasteiger partial charge in [-0.3, -0.25) is 4.79 Å². The Bertz CT molecular complexity index is 346. The van der Waals surface area contributed by atoms with E-state index in [-0.39, 0.29) is 11.2 Å². The van der Waals surface area contributed by atoms with Crippen LogP contribution in [0.15, 0.2) is 35.2 Å². The predicted octanol–water partition coefficient (Wildman–Crippen LogP) is 3.06. The normalized spacial score (nSPS) is 14.2. The largest absolute Gasteiger partial charge is 0.465 e. The molecule has 0 aliphatic carbocycles. The first kappa shape index (κ1) is 13.1. The lowest BCUT2D eigenvalue weighted by atomic mass is 10.4. The number of carbonyl (C=O) groups excluding carboxylic acids is 1. The minimum absolute atomic E-state index is 0.0603. The summed E-state index contributed by atoms with van der Waals surface area (Å²) in [5.74, 6) is -0.0913. The summed E-state index contributed by atoms with van der Waals surface area (Å²) in [6.07, 6.45) is 4.31. The van der Waals surface area contributed by atoms with Crippen LogP contribution in [-0.2, 0) is 9.53 Å². The molecule has 90 valence electrons. The zero-order chi connectivity index (χ0) is 12.2. The number of esters is 1. The predicted molar refractivity (Wildman–Crippen MR) is 70.2 cm³/mol. The summed E-state index contributed by atoms with van der Waals surface area (Å²) in [4.78, 5) is 13.0. The third kappa shape index (κ3) is 2.79. The van der Waals surface area contributed by atoms with E-state index in [1.165, 1.54) is 4.90 Å². The molecule has 1 aromatic rings. The van der Waals surface area contributed by atoms with Crippen molar-refractivity contribution in [3.8, 4) is 0 Å². The van der Waals surface area contributed by atoms with E-state index in [9.17, 15) is 4.79 Å². The van der Waals surface area contributed by atoms with Crippen LogP contribution in [0.2, 0.25) is 0 Å². The Morgan fingerprint density at radius 3 is 2.38 bits per heavy atom. The Kier molecular flexibility index (Phi) is 4.42. The van der Waals surface area contributed by atoms with Crippen LogP contribution in [0.4, 0.5) is 0 Å². The van der Waals surface area contributed by atoms with Gasteiger partial charge in [0.15, 0.2) is 0 Å². The van der Waals surface area contributed by atoms with Gasteiger partial charge < -0.3 is 4.74 Å². The second kappa shape index (κ2) is 5.39. The molecule has 1 rings (SSSR count). The highest BCUT2D eigenvalue weighted by atomic mass is 32.3. The second-order valence-electron chi connectivity index (χ2n) is 4.11. The van der Waals surface area contributed by atoms with E-state index in [2.05, 4.69) is 24.6 Å². The van der Waals surface area contributed by atoms with Crippen molar-refractivity contribution in [2.24, 2.45) is 0 Å². The van der Waals surface area contributed by atoms with Crippen molar-refractivity contribution in [2.45, 2.75) is 24.0 Å². The van der Waals surface area contributed by atoms with Crippen molar-refractivity contribution in [1.29, 1.82) is 0 Å². The molecule has 2 nitrogen and oxygen atoms in total. The lowest BCUT2D eigenvalue weighted by Gasteiger charge is -2.36. The van der Waals surface area contributed by atoms with E-state index in [4.69, 9.17) is 4.74 Å². The van der Waals surface area contributed by atoms with Gasteiger partial charge in [0.05, 0.1) is 11.9 Å². The molecule has 0 heterocycles. The van der Waals surface area contributed by atoms with Crippen molar-refractivity contribution in [3.05, 3.63) is 30.3 Å². The Balaban J connectivity index is 2.89. The average Bonchev–Trinajstić information content (AvgIpc) is 2.29. The van der Waals surface area contributed by atoms with E-state index < -0.39 is 10.0 Å². The molecule has 0 N–H and O–H groups in total. The van der Waals surface area contributed by atoms with Crippen molar-refractivity contribution < 1.29 is 9.53 Å². The Morgan fingerprint density at radius 2 is 1.88 bits per heavy atom. The fraction of sp³-hybridized carbons (Fsp3) is 0.462. The Labute approximate surface area is 99.3 Å². The molecule has 0 fully saturated rings. The van der Waals surface area contributed by atoms with Crippen LogP contribution >= 0.6 is 10.0 Å². The van der Waals surface area contributed by atoms with Crippen LogP contribution in [0.3, 0.4) is 0 Å². The summed E-state index contributed by atoms with van der Waals surface area (Å²) in [5.41, 5.74) is 0. The molecule has 0 aromatic heterocycles. The van der Waals surface area contributed by atoms with Crippen LogP contribution < -0.4 is 0 Å². The second-order valence-corrected chi connectivity index (χ2v) is 8.10. The van der Waals surface area contributed by atoms with Gasteiger partial charge in [0.2, 0.25) is 0 Å². The topological polar surface area (TPSA) is 26.3 Å². The molecule has 0 spiro atoms. The quantitative estimate of drug-likeness (QED) is 0.756. The number of benzene rings is 1. The summed E-state index contributed by atoms with van der Waals surface area (Å²) in [6, 6.07) is 10.2. The van der Waals surface area contributed by atoms with Crippen molar-refractivity contribution in [2.75, 3.05) is 19.1 Å². The summed E-state index contributed by atoms with van der Waals surface area (Å²) in [7, 11) is -1.13. The number of rotatable bonds is 4. The molecule has 0 aliphatic heterocycles. The maximum Gasteiger partial charge on any atom is 0.317 e. The van der Waals surface area contributed by atoms with Gasteiger partial charge in [-0.15, -0.1) is 0 Å². The van der Waals surface area contributed by atoms with Crippen LogP contribution in [0, 0.1) is 0 Å². The standard InChI is InChI=1S/C13H20O2S/c1-5-15-13(14)11(2)16(3,4)12-9-7-6-8-10-12/h6-11H,5H2,1-4H3/t11-/m0/s1. The van der Waals surface area contributed by atoms with Gasteiger partial charge in [-0.05, 0) is 31.3 Å². The van der Waals surface area contributed by atoms with Crippen molar-refractivity contribution in [1.82, 2.24) is 0 Å². The van der Waals surface area contributed by atoms with Crippen molar-refractivity contribution >= 4 is 16.0 Å². The first-order chi connectivity index (χ1) is 7.50. The van der Waals surface area contributed by atoms with E-state index in [1.54, 1.807) is 0 Å². The molecular formula is C13H20O2S. The highest BCUT2D eigenvalue weighted by Gasteiger charge is 2.29. The summed E-state index contributed by atoms with van der Waals surface area (Å²) < 4.78 is 5.09. The monoisotopic (exact) mass is 240 g/mol. The summed E-state index contributed by atoms with van der Waals surface area (Å²) >= 11 is 0. The van der Waals surface area contributed by atoms with Crippen LogP contribution in [-0.4, -0.2) is 30.3 Å². The molecular weight excluding hydrogens is 220 g/mol. The summed E-state index contributed by atoms with van der Waals surface area (Å²) in [6.45, 7) is 4.25. The Hall–Kier alpha value is -0.960. The Morgan fingerprint density at radius 1 is 1.31 bits per heavy atom. The third-order valence-corrected chi connectivity index (χ3v) is 6.30. The molecule has 16 heavy (non-hydrogen) atoms. The molecule has 0 saturated heterocycles. The lowest BCUT2D eigenvalue weighted by molar-refractivity contribution is -0.142. The molecule has 1 aromatic carbocycles. The van der Waals surface area contributed by atoms with Gasteiger partial charge >= 0.3 is 5.97 Å². The molecule has 0 aliphatic rings. The van der Waals surface area contributed by atoms with E-state index in [0.717, 1.165) is 0 Å². The highest BCUT2D eigenvalue weighted by molar-refractivity contribution is 8.33. The summed E-state index contributed by atoms with van der Waals surface area (Å²) in [5, 5.41) is -0.0603. The first-order valence-corrected chi connectivity index (χ1v) is 7.95. The van der Waals surface area contributed by atoms with Gasteiger partial charge in [0.1, 0.15) is 0 Å². The third-order valence-electron chi connectivity index (χ3n) is 2.85. The number of carbonyl (C=O) groups is 1. The van der Waals surface area contributed by atoms with Crippen LogP contribution in [0.1, 0.15) is 13.8 Å². The van der Waals surface area contributed by atoms with Gasteiger partial charge in [0.25, 0.3) is 0 Å². The van der Waals surface area contributed by atoms with E-state index in [0.29, 0.717) is 6.61 Å². The zero-order valence-corrected chi connectivity index (χ0v) is 11.2. The van der Waals surface area contributed by atoms with E-state index in [1.807, 2.05) is 32.0 Å². The molecule has 0 radical (unpaired) electrons. The lowest BCUT2D eigenvalue weighted by Crippen LogP contribution is -2.25. The highest BCUT2D eigenvalue weighted by Crippen LogP contribution is 2.53. The number of hydrogen-bond donors (Lipinski definition) is 0. The minimum Gasteiger partial charge on any atom is -0.465 e. The maximum atomic E-state index is 11.8. The van der Waals surface area contributed by atoms with Crippen LogP contribution in [0.25, 0.3) is 0 Å². The molecule has 0 amide bonds. The maximum absolute atomic E-state index is 11.8. The van der Waals surface area contributed by atoms with Gasteiger partial charge in [-0.1, -0.05) is 30.3 Å². The fourth-order valence-corrected chi connectivity index (χ4v) is 3.29. The molecule has 1 atom stereocenters. The fourth-order valence-electron chi connectivity index (χ4n) is 1.48. The zero-order valence-electron chi connectivity index (χ0n) is 10.4. The molecule has 0 bridgehead atoms. The molecule has 3 heteroatoms. The number of ether oxygens (including phenoxy) is 1. The van der Waals surface area contributed by atoms with Crippen molar-refractivity contribution in [3.63, 3.8) is 0 Å². The first-order valence-electron chi connectivity index (χ1n) is 5.44. The minimum atomic E-state index is -1.13. The van der Waals surface area contributed by atoms with E-state index >= 15 is 0 Å².